The summed E-state index contributed by atoms with van der Waals surface area (Å²) in [5.41, 5.74) is 1.08. The Morgan fingerprint density at radius 3 is 2.58 bits per heavy atom. The molecule has 1 amide bonds. The maximum Gasteiger partial charge on any atom is 0.223 e. The number of hydrogen-bond donors (Lipinski definition) is 2. The number of amides is 1. The molecule has 2 aliphatic heterocycles. The van der Waals surface area contributed by atoms with Crippen molar-refractivity contribution in [2.45, 2.75) is 25.8 Å². The van der Waals surface area contributed by atoms with Crippen LogP contribution in [-0.4, -0.2) is 62.7 Å². The quantitative estimate of drug-likeness (QED) is 0.813. The lowest BCUT2D eigenvalue weighted by molar-refractivity contribution is -0.126. The van der Waals surface area contributed by atoms with Crippen molar-refractivity contribution < 1.29 is 9.18 Å². The van der Waals surface area contributed by atoms with Crippen LogP contribution in [-0.2, 0) is 4.79 Å². The molecule has 2 fully saturated rings. The number of rotatable bonds is 5. The first kappa shape index (κ1) is 20.9. The molecule has 0 saturated carbocycles. The van der Waals surface area contributed by atoms with Gasteiger partial charge in [-0.25, -0.2) is 4.39 Å². The van der Waals surface area contributed by atoms with Crippen molar-refractivity contribution in [3.8, 4) is 0 Å². The molecule has 2 saturated heterocycles. The number of carbonyl (C=O) groups is 1. The van der Waals surface area contributed by atoms with Crippen LogP contribution in [0.4, 0.5) is 10.1 Å². The van der Waals surface area contributed by atoms with Gasteiger partial charge in [0.15, 0.2) is 0 Å². The SMILES string of the molecule is C[C@H]1C[C@@H](C(=O)NCCN2CCN(c3ccc(F)cc3)CC2)CCN1.Cl. The van der Waals surface area contributed by atoms with Crippen molar-refractivity contribution in [3.05, 3.63) is 30.1 Å². The van der Waals surface area contributed by atoms with Gasteiger partial charge in [-0.1, -0.05) is 0 Å². The molecule has 0 aromatic heterocycles. The van der Waals surface area contributed by atoms with Crippen LogP contribution in [0.3, 0.4) is 0 Å². The fourth-order valence-corrected chi connectivity index (χ4v) is 3.73. The van der Waals surface area contributed by atoms with Crippen LogP contribution < -0.4 is 15.5 Å². The predicted octanol–water partition coefficient (Wildman–Crippen LogP) is 1.87. The van der Waals surface area contributed by atoms with Crippen molar-refractivity contribution in [3.63, 3.8) is 0 Å². The molecule has 3 rings (SSSR count). The van der Waals surface area contributed by atoms with Gasteiger partial charge in [-0.15, -0.1) is 12.4 Å². The number of carbonyl (C=O) groups excluding carboxylic acids is 1. The number of nitrogens with one attached hydrogen (secondary N) is 2. The van der Waals surface area contributed by atoms with Gasteiger partial charge in [0.2, 0.25) is 5.91 Å². The number of piperazine rings is 1. The van der Waals surface area contributed by atoms with E-state index in [0.29, 0.717) is 12.6 Å². The summed E-state index contributed by atoms with van der Waals surface area (Å²) in [5, 5.41) is 6.49. The molecule has 2 aliphatic rings. The van der Waals surface area contributed by atoms with Crippen LogP contribution >= 0.6 is 12.4 Å². The third-order valence-electron chi connectivity index (χ3n) is 5.29. The standard InChI is InChI=1S/C19H29FN4O.ClH/c1-15-14-16(6-7-21-15)19(25)22-8-9-23-10-12-24(13-11-23)18-4-2-17(20)3-5-18;/h2-5,15-16,21H,6-14H2,1H3,(H,22,25);1H/t15-,16-;/m0./s1. The zero-order valence-electron chi connectivity index (χ0n) is 15.4. The minimum Gasteiger partial charge on any atom is -0.369 e. The second kappa shape index (κ2) is 10.1. The monoisotopic (exact) mass is 384 g/mol. The number of anilines is 1. The third-order valence-corrected chi connectivity index (χ3v) is 5.29. The highest BCUT2D eigenvalue weighted by molar-refractivity contribution is 5.85. The molecule has 7 heteroatoms. The maximum atomic E-state index is 13.0. The Balaban J connectivity index is 0.00000243. The molecule has 5 nitrogen and oxygen atoms in total. The summed E-state index contributed by atoms with van der Waals surface area (Å²) in [5.74, 6) is 0.172. The van der Waals surface area contributed by atoms with Gasteiger partial charge in [-0.3, -0.25) is 9.69 Å². The Labute approximate surface area is 161 Å². The van der Waals surface area contributed by atoms with Crippen LogP contribution in [0, 0.1) is 11.7 Å². The van der Waals surface area contributed by atoms with E-state index in [1.54, 1.807) is 0 Å². The lowest BCUT2D eigenvalue weighted by Crippen LogP contribution is -2.49. The summed E-state index contributed by atoms with van der Waals surface area (Å²) in [4.78, 5) is 16.9. The number of halogens is 2. The summed E-state index contributed by atoms with van der Waals surface area (Å²) in [6.07, 6.45) is 1.87. The summed E-state index contributed by atoms with van der Waals surface area (Å²) in [7, 11) is 0. The molecule has 0 spiro atoms. The average molecular weight is 385 g/mol. The molecule has 2 heterocycles. The minimum absolute atomic E-state index is 0. The molecule has 0 radical (unpaired) electrons. The van der Waals surface area contributed by atoms with E-state index in [-0.39, 0.29) is 30.0 Å². The van der Waals surface area contributed by atoms with E-state index < -0.39 is 0 Å². The first-order valence-corrected chi connectivity index (χ1v) is 9.36. The van der Waals surface area contributed by atoms with E-state index in [4.69, 9.17) is 0 Å². The number of piperidine rings is 1. The van der Waals surface area contributed by atoms with Gasteiger partial charge in [0, 0.05) is 56.9 Å². The summed E-state index contributed by atoms with van der Waals surface area (Å²) >= 11 is 0. The van der Waals surface area contributed by atoms with Crippen LogP contribution in [0.15, 0.2) is 24.3 Å². The summed E-state index contributed by atoms with van der Waals surface area (Å²) in [6.45, 7) is 8.49. The lowest BCUT2D eigenvalue weighted by Gasteiger charge is -2.36. The van der Waals surface area contributed by atoms with Crippen LogP contribution in [0.25, 0.3) is 0 Å². The van der Waals surface area contributed by atoms with Gasteiger partial charge in [-0.2, -0.15) is 0 Å². The topological polar surface area (TPSA) is 47.6 Å². The van der Waals surface area contributed by atoms with E-state index in [1.165, 1.54) is 12.1 Å². The predicted molar refractivity (Wildman–Crippen MR) is 105 cm³/mol. The number of nitrogens with zero attached hydrogens (tertiary/aromatic N) is 2. The largest absolute Gasteiger partial charge is 0.369 e. The molecule has 146 valence electrons. The fraction of sp³-hybridized carbons (Fsp3) is 0.632. The highest BCUT2D eigenvalue weighted by Gasteiger charge is 2.24. The molecule has 26 heavy (non-hydrogen) atoms. The van der Waals surface area contributed by atoms with Crippen LogP contribution in [0.5, 0.6) is 0 Å². The number of benzene rings is 1. The van der Waals surface area contributed by atoms with Crippen molar-refractivity contribution in [2.75, 3.05) is 50.7 Å². The molecule has 0 aliphatic carbocycles. The van der Waals surface area contributed by atoms with Crippen LogP contribution in [0.1, 0.15) is 19.8 Å². The second-order valence-corrected chi connectivity index (χ2v) is 7.17. The minimum atomic E-state index is -0.193. The van der Waals surface area contributed by atoms with Gasteiger partial charge in [0.05, 0.1) is 0 Å². The lowest BCUT2D eigenvalue weighted by atomic mass is 9.92. The molecule has 2 atom stereocenters. The Kier molecular flexibility index (Phi) is 8.13. The fourth-order valence-electron chi connectivity index (χ4n) is 3.73. The van der Waals surface area contributed by atoms with Crippen molar-refractivity contribution in [2.24, 2.45) is 5.92 Å². The van der Waals surface area contributed by atoms with E-state index in [9.17, 15) is 9.18 Å². The summed E-state index contributed by atoms with van der Waals surface area (Å²) < 4.78 is 13.0. The zero-order valence-corrected chi connectivity index (χ0v) is 16.2. The summed E-state index contributed by atoms with van der Waals surface area (Å²) in [6, 6.07) is 7.14. The Morgan fingerprint density at radius 1 is 1.23 bits per heavy atom. The van der Waals surface area contributed by atoms with Gasteiger partial charge in [0.1, 0.15) is 5.82 Å². The molecule has 0 unspecified atom stereocenters. The molecule has 1 aromatic carbocycles. The molecule has 0 bridgehead atoms. The zero-order chi connectivity index (χ0) is 17.6. The highest BCUT2D eigenvalue weighted by Crippen LogP contribution is 2.17. The second-order valence-electron chi connectivity index (χ2n) is 7.17. The third kappa shape index (κ3) is 5.83. The van der Waals surface area contributed by atoms with Gasteiger partial charge in [0.25, 0.3) is 0 Å². The molecule has 2 N–H and O–H groups in total. The van der Waals surface area contributed by atoms with E-state index in [2.05, 4.69) is 27.4 Å². The Hall–Kier alpha value is -1.37. The van der Waals surface area contributed by atoms with Crippen molar-refractivity contribution in [1.29, 1.82) is 0 Å². The van der Waals surface area contributed by atoms with E-state index in [0.717, 1.165) is 57.8 Å². The Morgan fingerprint density at radius 2 is 1.92 bits per heavy atom. The van der Waals surface area contributed by atoms with Gasteiger partial charge < -0.3 is 15.5 Å². The highest BCUT2D eigenvalue weighted by atomic mass is 35.5. The van der Waals surface area contributed by atoms with Gasteiger partial charge in [-0.05, 0) is 50.6 Å². The average Bonchev–Trinajstić information content (AvgIpc) is 2.63. The van der Waals surface area contributed by atoms with E-state index >= 15 is 0 Å². The van der Waals surface area contributed by atoms with E-state index in [1.807, 2.05) is 12.1 Å². The molecular weight excluding hydrogens is 355 g/mol. The van der Waals surface area contributed by atoms with Crippen molar-refractivity contribution in [1.82, 2.24) is 15.5 Å². The normalized spacial score (nSPS) is 24.0. The smallest absolute Gasteiger partial charge is 0.223 e. The van der Waals surface area contributed by atoms with Gasteiger partial charge >= 0.3 is 0 Å². The first-order chi connectivity index (χ1) is 12.1. The molecule has 1 aromatic rings. The van der Waals surface area contributed by atoms with Crippen molar-refractivity contribution >= 4 is 24.0 Å². The molecular formula is C19H30ClFN4O. The van der Waals surface area contributed by atoms with Crippen LogP contribution in [0.2, 0.25) is 0 Å². The number of hydrogen-bond acceptors (Lipinski definition) is 4. The maximum absolute atomic E-state index is 13.0. The Bertz CT molecular complexity index is 563. The first-order valence-electron chi connectivity index (χ1n) is 9.36.